The van der Waals surface area contributed by atoms with Crippen LogP contribution in [0.15, 0.2) is 12.1 Å². The number of nitrogens with one attached hydrogen (secondary N) is 1. The number of amides is 1. The quantitative estimate of drug-likeness (QED) is 0.867. The van der Waals surface area contributed by atoms with Crippen LogP contribution < -0.4 is 5.32 Å². The Hall–Kier alpha value is -1.65. The molecule has 0 saturated carbocycles. The molecular formula is C15H22F2N2O. The van der Waals surface area contributed by atoms with Crippen LogP contribution in [0, 0.1) is 17.6 Å². The summed E-state index contributed by atoms with van der Waals surface area (Å²) in [6, 6.07) is 2.16. The minimum absolute atomic E-state index is 0.0347. The summed E-state index contributed by atoms with van der Waals surface area (Å²) in [5.41, 5.74) is -0.152. The second-order valence-electron chi connectivity index (χ2n) is 5.04. The van der Waals surface area contributed by atoms with Gasteiger partial charge in [-0.15, -0.1) is 0 Å². The van der Waals surface area contributed by atoms with Crippen LogP contribution >= 0.6 is 0 Å². The lowest BCUT2D eigenvalue weighted by atomic mass is 10.1. The van der Waals surface area contributed by atoms with E-state index in [-0.39, 0.29) is 17.2 Å². The second kappa shape index (κ2) is 7.22. The fourth-order valence-corrected chi connectivity index (χ4v) is 1.94. The van der Waals surface area contributed by atoms with Gasteiger partial charge in [0, 0.05) is 25.7 Å². The molecule has 1 amide bonds. The maximum atomic E-state index is 13.8. The zero-order chi connectivity index (χ0) is 15.3. The van der Waals surface area contributed by atoms with Gasteiger partial charge in [0.2, 0.25) is 0 Å². The lowest BCUT2D eigenvalue weighted by molar-refractivity contribution is 0.0774. The highest BCUT2D eigenvalue weighted by molar-refractivity contribution is 5.94. The number of hydrogen-bond acceptors (Lipinski definition) is 2. The summed E-state index contributed by atoms with van der Waals surface area (Å²) in [7, 11) is 1.64. The van der Waals surface area contributed by atoms with Crippen LogP contribution in [-0.4, -0.2) is 30.9 Å². The Morgan fingerprint density at radius 2 is 1.85 bits per heavy atom. The molecule has 0 spiro atoms. The summed E-state index contributed by atoms with van der Waals surface area (Å²) < 4.78 is 27.6. The third kappa shape index (κ3) is 3.92. The number of carbonyl (C=O) groups excluding carboxylic acids is 1. The molecule has 1 atom stereocenters. The zero-order valence-electron chi connectivity index (χ0n) is 12.5. The monoisotopic (exact) mass is 284 g/mol. The van der Waals surface area contributed by atoms with E-state index in [1.807, 2.05) is 13.8 Å². The van der Waals surface area contributed by atoms with E-state index in [2.05, 4.69) is 5.32 Å². The molecule has 1 aromatic rings. The van der Waals surface area contributed by atoms with E-state index in [4.69, 9.17) is 0 Å². The predicted octanol–water partition coefficient (Wildman–Crippen LogP) is 3.51. The highest BCUT2D eigenvalue weighted by atomic mass is 19.1. The average molecular weight is 284 g/mol. The van der Waals surface area contributed by atoms with E-state index in [9.17, 15) is 13.6 Å². The van der Waals surface area contributed by atoms with Crippen LogP contribution in [0.4, 0.5) is 14.5 Å². The summed E-state index contributed by atoms with van der Waals surface area (Å²) >= 11 is 0. The van der Waals surface area contributed by atoms with E-state index in [0.717, 1.165) is 18.6 Å². The molecule has 1 rings (SSSR count). The van der Waals surface area contributed by atoms with E-state index < -0.39 is 11.6 Å². The second-order valence-corrected chi connectivity index (χ2v) is 5.04. The largest absolute Gasteiger partial charge is 0.381 e. The predicted molar refractivity (Wildman–Crippen MR) is 76.9 cm³/mol. The van der Waals surface area contributed by atoms with Crippen molar-refractivity contribution in [2.45, 2.75) is 27.2 Å². The van der Waals surface area contributed by atoms with Gasteiger partial charge >= 0.3 is 0 Å². The van der Waals surface area contributed by atoms with Gasteiger partial charge in [0.05, 0.1) is 0 Å². The van der Waals surface area contributed by atoms with Gasteiger partial charge in [-0.1, -0.05) is 20.3 Å². The summed E-state index contributed by atoms with van der Waals surface area (Å²) in [5, 5.41) is 2.61. The Morgan fingerprint density at radius 3 is 2.30 bits per heavy atom. The Labute approximate surface area is 119 Å². The maximum absolute atomic E-state index is 13.8. The number of halogens is 2. The number of rotatable bonds is 6. The molecule has 3 nitrogen and oxygen atoms in total. The molecule has 0 aliphatic heterocycles. The number of anilines is 1. The molecule has 0 aliphatic rings. The number of nitrogens with zero attached hydrogens (tertiary/aromatic N) is 1. The standard InChI is InChI=1S/C15H22F2N2O/c1-5-10(3)9-19(4)15(20)11-7-12(16)14(18-6-2)13(17)8-11/h7-8,10,18H,5-6,9H2,1-4H3. The SMILES string of the molecule is CCNc1c(F)cc(C(=O)N(C)CC(C)CC)cc1F. The van der Waals surface area contributed by atoms with Gasteiger partial charge in [0.1, 0.15) is 17.3 Å². The van der Waals surface area contributed by atoms with Crippen molar-refractivity contribution in [1.29, 1.82) is 0 Å². The molecule has 0 radical (unpaired) electrons. The molecule has 0 aromatic heterocycles. The third-order valence-electron chi connectivity index (χ3n) is 3.27. The van der Waals surface area contributed by atoms with Crippen molar-refractivity contribution in [3.05, 3.63) is 29.3 Å². The van der Waals surface area contributed by atoms with Crippen LogP contribution in [0.3, 0.4) is 0 Å². The molecule has 0 bridgehead atoms. The summed E-state index contributed by atoms with van der Waals surface area (Å²) in [5.74, 6) is -1.51. The minimum Gasteiger partial charge on any atom is -0.381 e. The lowest BCUT2D eigenvalue weighted by Gasteiger charge is -2.21. The first kappa shape index (κ1) is 16.4. The van der Waals surface area contributed by atoms with Crippen molar-refractivity contribution in [1.82, 2.24) is 4.90 Å². The summed E-state index contributed by atoms with van der Waals surface area (Å²) in [6.07, 6.45) is 0.944. The molecule has 112 valence electrons. The van der Waals surface area contributed by atoms with Crippen molar-refractivity contribution < 1.29 is 13.6 Å². The summed E-state index contributed by atoms with van der Waals surface area (Å²) in [4.78, 5) is 13.6. The van der Waals surface area contributed by atoms with Crippen LogP contribution in [-0.2, 0) is 0 Å². The Bertz CT molecular complexity index is 454. The Kier molecular flexibility index (Phi) is 5.92. The van der Waals surface area contributed by atoms with E-state index in [1.165, 1.54) is 4.90 Å². The first-order valence-electron chi connectivity index (χ1n) is 6.89. The van der Waals surface area contributed by atoms with Gasteiger partial charge in [-0.2, -0.15) is 0 Å². The molecule has 20 heavy (non-hydrogen) atoms. The van der Waals surface area contributed by atoms with Gasteiger partial charge in [-0.25, -0.2) is 8.78 Å². The molecule has 0 aliphatic carbocycles. The molecule has 1 N–H and O–H groups in total. The molecule has 0 fully saturated rings. The number of benzene rings is 1. The third-order valence-corrected chi connectivity index (χ3v) is 3.27. The molecular weight excluding hydrogens is 262 g/mol. The first-order chi connectivity index (χ1) is 9.40. The van der Waals surface area contributed by atoms with Gasteiger partial charge in [-0.3, -0.25) is 4.79 Å². The molecule has 1 aromatic carbocycles. The zero-order valence-corrected chi connectivity index (χ0v) is 12.5. The normalized spacial score (nSPS) is 12.1. The van der Waals surface area contributed by atoms with Gasteiger partial charge in [0.25, 0.3) is 5.91 Å². The number of hydrogen-bond donors (Lipinski definition) is 1. The minimum atomic E-state index is -0.743. The smallest absolute Gasteiger partial charge is 0.253 e. The van der Waals surface area contributed by atoms with Gasteiger partial charge in [-0.05, 0) is 25.0 Å². The van der Waals surface area contributed by atoms with Crippen molar-refractivity contribution in [2.24, 2.45) is 5.92 Å². The van der Waals surface area contributed by atoms with Crippen LogP contribution in [0.25, 0.3) is 0 Å². The average Bonchev–Trinajstić information content (AvgIpc) is 2.41. The van der Waals surface area contributed by atoms with Gasteiger partial charge < -0.3 is 10.2 Å². The maximum Gasteiger partial charge on any atom is 0.253 e. The molecule has 0 heterocycles. The van der Waals surface area contributed by atoms with Crippen molar-refractivity contribution in [2.75, 3.05) is 25.5 Å². The number of carbonyl (C=O) groups is 1. The van der Waals surface area contributed by atoms with Crippen LogP contribution in [0.1, 0.15) is 37.6 Å². The highest BCUT2D eigenvalue weighted by Crippen LogP contribution is 2.21. The van der Waals surface area contributed by atoms with E-state index in [0.29, 0.717) is 19.0 Å². The van der Waals surface area contributed by atoms with E-state index >= 15 is 0 Å². The van der Waals surface area contributed by atoms with Crippen molar-refractivity contribution in [3.8, 4) is 0 Å². The van der Waals surface area contributed by atoms with E-state index in [1.54, 1.807) is 14.0 Å². The van der Waals surface area contributed by atoms with Crippen molar-refractivity contribution >= 4 is 11.6 Å². The summed E-state index contributed by atoms with van der Waals surface area (Å²) in [6.45, 7) is 6.78. The highest BCUT2D eigenvalue weighted by Gasteiger charge is 2.18. The fourth-order valence-electron chi connectivity index (χ4n) is 1.94. The van der Waals surface area contributed by atoms with Crippen molar-refractivity contribution in [3.63, 3.8) is 0 Å². The Morgan fingerprint density at radius 1 is 1.30 bits per heavy atom. The molecule has 1 unspecified atom stereocenters. The topological polar surface area (TPSA) is 32.3 Å². The van der Waals surface area contributed by atoms with Crippen LogP contribution in [0.2, 0.25) is 0 Å². The molecule has 5 heteroatoms. The fraction of sp³-hybridized carbons (Fsp3) is 0.533. The first-order valence-corrected chi connectivity index (χ1v) is 6.89. The van der Waals surface area contributed by atoms with Crippen LogP contribution in [0.5, 0.6) is 0 Å². The lowest BCUT2D eigenvalue weighted by Crippen LogP contribution is -2.31. The molecule has 0 saturated heterocycles. The van der Waals surface area contributed by atoms with Gasteiger partial charge in [0.15, 0.2) is 0 Å². The Balaban J connectivity index is 2.94.